The Morgan fingerprint density at radius 1 is 1.43 bits per heavy atom. The Morgan fingerprint density at radius 3 is 2.89 bits per heavy atom. The molecule has 28 heavy (non-hydrogen) atoms. The van der Waals surface area contributed by atoms with Crippen molar-refractivity contribution in [1.82, 2.24) is 4.98 Å². The number of hydrogen-bond acceptors (Lipinski definition) is 9. The van der Waals surface area contributed by atoms with Crippen LogP contribution < -0.4 is 20.6 Å². The van der Waals surface area contributed by atoms with Gasteiger partial charge >= 0.3 is 5.97 Å². The molecule has 0 bridgehead atoms. The number of anilines is 1. The van der Waals surface area contributed by atoms with Crippen molar-refractivity contribution in [2.75, 3.05) is 25.7 Å². The lowest BCUT2D eigenvalue weighted by atomic mass is 10.2. The number of carbonyl (C=O) groups excluding carboxylic acids is 2. The molecule has 0 saturated heterocycles. The van der Waals surface area contributed by atoms with Gasteiger partial charge in [-0.15, -0.1) is 11.3 Å². The summed E-state index contributed by atoms with van der Waals surface area (Å²) >= 11 is 4.70. The second-order valence-electron chi connectivity index (χ2n) is 5.28. The third kappa shape index (κ3) is 6.50. The van der Waals surface area contributed by atoms with Gasteiger partial charge in [-0.1, -0.05) is 0 Å². The second-order valence-corrected chi connectivity index (χ2v) is 7.00. The van der Waals surface area contributed by atoms with Crippen molar-refractivity contribution in [2.24, 2.45) is 10.8 Å². The van der Waals surface area contributed by atoms with E-state index in [2.05, 4.69) is 31.4 Å². The van der Waals surface area contributed by atoms with Crippen LogP contribution in [0.3, 0.4) is 0 Å². The molecule has 150 valence electrons. The quantitative estimate of drug-likeness (QED) is 0.310. The first-order chi connectivity index (χ1) is 13.4. The number of carbonyl (C=O) groups is 2. The first kappa shape index (κ1) is 21.6. The zero-order valence-corrected chi connectivity index (χ0v) is 17.6. The van der Waals surface area contributed by atoms with Crippen LogP contribution in [0.25, 0.3) is 0 Å². The molecule has 2 aromatic rings. The third-order valence-electron chi connectivity index (χ3n) is 3.17. The number of aromatic nitrogens is 1. The first-order valence-corrected chi connectivity index (χ1v) is 9.78. The Bertz CT molecular complexity index is 871. The molecule has 0 spiro atoms. The molecule has 11 heteroatoms. The minimum absolute atomic E-state index is 0.118. The molecule has 0 atom stereocenters. The monoisotopic (exact) mass is 470 g/mol. The lowest BCUT2D eigenvalue weighted by Gasteiger charge is -2.12. The second kappa shape index (κ2) is 10.6. The number of nitrogens with one attached hydrogen (secondary N) is 1. The van der Waals surface area contributed by atoms with Crippen LogP contribution in [0.5, 0.6) is 11.5 Å². The predicted molar refractivity (Wildman–Crippen MR) is 109 cm³/mol. The van der Waals surface area contributed by atoms with Gasteiger partial charge in [-0.3, -0.25) is 15.0 Å². The molecule has 0 aliphatic heterocycles. The van der Waals surface area contributed by atoms with Crippen LogP contribution >= 0.6 is 27.3 Å². The smallest absolute Gasteiger partial charge is 0.311 e. The van der Waals surface area contributed by atoms with E-state index in [9.17, 15) is 9.59 Å². The summed E-state index contributed by atoms with van der Waals surface area (Å²) in [5, 5.41) is 6.43. The van der Waals surface area contributed by atoms with Crippen molar-refractivity contribution < 1.29 is 23.8 Å². The number of amides is 1. The molecular weight excluding hydrogens is 452 g/mol. The Morgan fingerprint density at radius 2 is 2.21 bits per heavy atom. The Kier molecular flexibility index (Phi) is 8.20. The van der Waals surface area contributed by atoms with E-state index >= 15 is 0 Å². The highest BCUT2D eigenvalue weighted by Crippen LogP contribution is 2.36. The lowest BCUT2D eigenvalue weighted by Crippen LogP contribution is -2.20. The van der Waals surface area contributed by atoms with Crippen molar-refractivity contribution in [2.45, 2.75) is 13.3 Å². The van der Waals surface area contributed by atoms with Crippen molar-refractivity contribution in [1.29, 1.82) is 0 Å². The number of nitrogens with two attached hydrogens (primary N) is 1. The Balaban J connectivity index is 2.02. The molecule has 1 amide bonds. The maximum absolute atomic E-state index is 11.5. The van der Waals surface area contributed by atoms with Crippen molar-refractivity contribution in [3.63, 3.8) is 0 Å². The van der Waals surface area contributed by atoms with E-state index in [0.29, 0.717) is 39.0 Å². The maximum atomic E-state index is 11.5. The molecule has 1 aromatic carbocycles. The summed E-state index contributed by atoms with van der Waals surface area (Å²) in [6.45, 7) is 1.83. The van der Waals surface area contributed by atoms with E-state index in [1.165, 1.54) is 18.4 Å². The SMILES string of the molecule is CCOC(=O)Cc1csc(NN=Cc2cc(Br)c(OCC(N)=O)c(OC)c2)n1. The number of methoxy groups -OCH3 is 1. The molecule has 0 saturated carbocycles. The summed E-state index contributed by atoms with van der Waals surface area (Å²) in [5.74, 6) is -0.119. The van der Waals surface area contributed by atoms with Gasteiger partial charge in [0, 0.05) is 5.38 Å². The number of benzene rings is 1. The number of thiazole rings is 1. The number of hydrogen-bond donors (Lipinski definition) is 2. The van der Waals surface area contributed by atoms with E-state index in [0.717, 1.165) is 0 Å². The van der Waals surface area contributed by atoms with E-state index < -0.39 is 5.91 Å². The molecule has 9 nitrogen and oxygen atoms in total. The molecule has 0 radical (unpaired) electrons. The first-order valence-electron chi connectivity index (χ1n) is 8.10. The Labute approximate surface area is 174 Å². The maximum Gasteiger partial charge on any atom is 0.311 e. The molecular formula is C17H19BrN4O5S. The fourth-order valence-corrected chi connectivity index (χ4v) is 3.29. The van der Waals surface area contributed by atoms with Crippen LogP contribution in [0.1, 0.15) is 18.2 Å². The number of halogens is 1. The number of ether oxygens (including phenoxy) is 3. The van der Waals surface area contributed by atoms with Crippen LogP contribution in [-0.2, 0) is 20.7 Å². The molecule has 2 rings (SSSR count). The number of nitrogens with zero attached hydrogens (tertiary/aromatic N) is 2. The van der Waals surface area contributed by atoms with Gasteiger partial charge in [0.05, 0.1) is 36.5 Å². The van der Waals surface area contributed by atoms with Crippen LogP contribution in [0, 0.1) is 0 Å². The van der Waals surface area contributed by atoms with Gasteiger partial charge in [0.15, 0.2) is 18.1 Å². The summed E-state index contributed by atoms with van der Waals surface area (Å²) in [6.07, 6.45) is 1.68. The number of hydrazone groups is 1. The average molecular weight is 471 g/mol. The third-order valence-corrected chi connectivity index (χ3v) is 4.55. The molecule has 3 N–H and O–H groups in total. The normalized spacial score (nSPS) is 10.7. The van der Waals surface area contributed by atoms with Crippen LogP contribution in [-0.4, -0.2) is 43.4 Å². The molecule has 0 aliphatic carbocycles. The summed E-state index contributed by atoms with van der Waals surface area (Å²) < 4.78 is 16.1. The van der Waals surface area contributed by atoms with Gasteiger partial charge in [0.2, 0.25) is 5.13 Å². The molecule has 1 heterocycles. The molecule has 0 fully saturated rings. The zero-order chi connectivity index (χ0) is 20.5. The summed E-state index contributed by atoms with van der Waals surface area (Å²) in [4.78, 5) is 26.6. The van der Waals surface area contributed by atoms with Crippen LogP contribution in [0.2, 0.25) is 0 Å². The fourth-order valence-electron chi connectivity index (χ4n) is 2.06. The van der Waals surface area contributed by atoms with Crippen LogP contribution in [0.4, 0.5) is 5.13 Å². The van der Waals surface area contributed by atoms with Crippen molar-refractivity contribution in [3.8, 4) is 11.5 Å². The van der Waals surface area contributed by atoms with E-state index in [1.54, 1.807) is 30.7 Å². The minimum atomic E-state index is -0.588. The van der Waals surface area contributed by atoms with Gasteiger partial charge in [0.1, 0.15) is 0 Å². The summed E-state index contributed by atoms with van der Waals surface area (Å²) in [7, 11) is 1.48. The minimum Gasteiger partial charge on any atom is -0.493 e. The highest BCUT2D eigenvalue weighted by molar-refractivity contribution is 9.10. The van der Waals surface area contributed by atoms with Gasteiger partial charge in [-0.25, -0.2) is 4.98 Å². The summed E-state index contributed by atoms with van der Waals surface area (Å²) in [6, 6.07) is 3.44. The van der Waals surface area contributed by atoms with Crippen LogP contribution in [0.15, 0.2) is 27.1 Å². The van der Waals surface area contributed by atoms with Gasteiger partial charge < -0.3 is 19.9 Å². The van der Waals surface area contributed by atoms with E-state index in [-0.39, 0.29) is 19.0 Å². The Hall–Kier alpha value is -2.66. The zero-order valence-electron chi connectivity index (χ0n) is 15.2. The highest BCUT2D eigenvalue weighted by atomic mass is 79.9. The number of rotatable bonds is 10. The highest BCUT2D eigenvalue weighted by Gasteiger charge is 2.12. The number of esters is 1. The summed E-state index contributed by atoms with van der Waals surface area (Å²) in [5.41, 5.74) is 9.23. The topological polar surface area (TPSA) is 125 Å². The fraction of sp³-hybridized carbons (Fsp3) is 0.294. The van der Waals surface area contributed by atoms with Gasteiger partial charge in [0.25, 0.3) is 5.91 Å². The number of primary amides is 1. The van der Waals surface area contributed by atoms with Gasteiger partial charge in [-0.2, -0.15) is 5.10 Å². The van der Waals surface area contributed by atoms with Crippen molar-refractivity contribution in [3.05, 3.63) is 33.2 Å². The standard InChI is InChI=1S/C17H19BrN4O5S/c1-3-26-15(24)6-11-9-28-17(21-11)22-20-7-10-4-12(18)16(13(5-10)25-2)27-8-14(19)23/h4-5,7,9H,3,6,8H2,1-2H3,(H2,19,23)(H,21,22). The molecule has 0 unspecified atom stereocenters. The van der Waals surface area contributed by atoms with Gasteiger partial charge in [-0.05, 0) is 40.5 Å². The average Bonchev–Trinajstić information content (AvgIpc) is 3.07. The van der Waals surface area contributed by atoms with Crippen molar-refractivity contribution >= 4 is 50.5 Å². The molecule has 0 aliphatic rings. The van der Waals surface area contributed by atoms with E-state index in [1.807, 2.05) is 0 Å². The molecule has 1 aromatic heterocycles. The largest absolute Gasteiger partial charge is 0.493 e. The van der Waals surface area contributed by atoms with E-state index in [4.69, 9.17) is 19.9 Å². The lowest BCUT2D eigenvalue weighted by molar-refractivity contribution is -0.142. The predicted octanol–water partition coefficient (Wildman–Crippen LogP) is 2.33.